The molecule has 0 bridgehead atoms. The predicted molar refractivity (Wildman–Crippen MR) is 176 cm³/mol. The maximum absolute atomic E-state index is 11.4. The van der Waals surface area contributed by atoms with Crippen LogP contribution in [0.4, 0.5) is 0 Å². The molecule has 0 aromatic heterocycles. The van der Waals surface area contributed by atoms with Gasteiger partial charge < -0.3 is 64.3 Å². The van der Waals surface area contributed by atoms with Crippen molar-refractivity contribution in [2.24, 2.45) is 9.98 Å². The van der Waals surface area contributed by atoms with E-state index in [-0.39, 0.29) is 50.5 Å². The van der Waals surface area contributed by atoms with Crippen LogP contribution in [0.15, 0.2) is 58.5 Å². The van der Waals surface area contributed by atoms with Crippen molar-refractivity contribution < 1.29 is 59.0 Å². The topological polar surface area (TPSA) is 315 Å². The first-order chi connectivity index (χ1) is 22.4. The maximum atomic E-state index is 11.4. The molecule has 2 N–H and O–H groups in total. The molecule has 0 atom stereocenters. The van der Waals surface area contributed by atoms with Gasteiger partial charge in [0.2, 0.25) is 0 Å². The van der Waals surface area contributed by atoms with Crippen LogP contribution in [0.25, 0.3) is 63.9 Å². The Bertz CT molecular complexity index is 1140. The Balaban J connectivity index is -0.000000295. The van der Waals surface area contributed by atoms with Gasteiger partial charge in [0.25, 0.3) is 0 Å². The number of benzene rings is 2. The molecular formula is C28H40N16O2Zn2. The number of hydrogen-bond donors (Lipinski definition) is 2. The molecule has 2 aromatic carbocycles. The van der Waals surface area contributed by atoms with Crippen molar-refractivity contribution in [2.45, 2.75) is 38.5 Å². The van der Waals surface area contributed by atoms with Crippen molar-refractivity contribution >= 4 is 12.4 Å². The number of para-hydroxylation sites is 2. The summed E-state index contributed by atoms with van der Waals surface area (Å²) in [5.74, 6) is 0.114. The second-order valence-electron chi connectivity index (χ2n) is 9.63. The number of piperidine rings is 2. The normalized spacial score (nSPS) is 13.2. The fourth-order valence-electron chi connectivity index (χ4n) is 4.55. The third-order valence-corrected chi connectivity index (χ3v) is 6.61. The van der Waals surface area contributed by atoms with Gasteiger partial charge in [-0.05, 0) is 49.7 Å². The van der Waals surface area contributed by atoms with E-state index in [2.05, 4.69) is 9.98 Å². The van der Waals surface area contributed by atoms with E-state index < -0.39 is 0 Å². The largest absolute Gasteiger partial charge is 2.00 e. The van der Waals surface area contributed by atoms with Crippen molar-refractivity contribution in [1.29, 1.82) is 0 Å². The van der Waals surface area contributed by atoms with Crippen molar-refractivity contribution in [2.75, 3.05) is 52.4 Å². The van der Waals surface area contributed by atoms with Crippen LogP contribution in [0.3, 0.4) is 0 Å². The van der Waals surface area contributed by atoms with Gasteiger partial charge in [0.05, 0.1) is 52.4 Å². The van der Waals surface area contributed by atoms with Crippen molar-refractivity contribution in [3.05, 3.63) is 124 Å². The number of rotatable bonds is 8. The van der Waals surface area contributed by atoms with Gasteiger partial charge in [-0.25, -0.2) is 0 Å². The summed E-state index contributed by atoms with van der Waals surface area (Å²) in [6, 6.07) is 14.1. The molecule has 0 radical (unpaired) electrons. The average molecular weight is 764 g/mol. The van der Waals surface area contributed by atoms with Crippen molar-refractivity contribution in [1.82, 2.24) is 0 Å². The summed E-state index contributed by atoms with van der Waals surface area (Å²) in [5.41, 5.74) is 55.4. The molecule has 18 nitrogen and oxygen atoms in total. The molecule has 48 heavy (non-hydrogen) atoms. The SMILES string of the molecule is [N-]=[N+]=[N-].[N-]=[N+]=[N-].[N-]=[N+]=[N-].[N-]=[N+]=[N-].[O-]c1ccccc1C=NCC[NH+]1CCCCC1.[O-]c1ccccc1C=NCC[NH+]1CCCCC1.[Zn+2].[Zn+2]. The summed E-state index contributed by atoms with van der Waals surface area (Å²) in [6.45, 7) is 8.98. The van der Waals surface area contributed by atoms with E-state index in [0.29, 0.717) is 11.1 Å². The third-order valence-electron chi connectivity index (χ3n) is 6.61. The zero-order valence-electron chi connectivity index (χ0n) is 27.2. The molecule has 0 spiro atoms. The molecule has 2 aromatic rings. The first-order valence-corrected chi connectivity index (χ1v) is 14.5. The predicted octanol–water partition coefficient (Wildman–Crippen LogP) is 3.96. The van der Waals surface area contributed by atoms with E-state index in [0.717, 1.165) is 26.2 Å². The van der Waals surface area contributed by atoms with Gasteiger partial charge in [-0.15, -0.1) is 11.5 Å². The number of hydrogen-bond acceptors (Lipinski definition) is 4. The summed E-state index contributed by atoms with van der Waals surface area (Å²) in [7, 11) is 0. The van der Waals surface area contributed by atoms with Gasteiger partial charge in [0.15, 0.2) is 0 Å². The van der Waals surface area contributed by atoms with E-state index in [1.165, 1.54) is 84.4 Å². The Morgan fingerprint density at radius 2 is 0.792 bits per heavy atom. The summed E-state index contributed by atoms with van der Waals surface area (Å²) in [4.78, 5) is 18.0. The van der Waals surface area contributed by atoms with Gasteiger partial charge >= 0.3 is 39.0 Å². The molecule has 2 aliphatic rings. The van der Waals surface area contributed by atoms with Gasteiger partial charge in [-0.1, -0.05) is 48.5 Å². The van der Waals surface area contributed by atoms with Crippen LogP contribution in [-0.2, 0) is 39.0 Å². The fraction of sp³-hybridized carbons (Fsp3) is 0.500. The van der Waals surface area contributed by atoms with E-state index in [1.54, 1.807) is 46.5 Å². The second-order valence-corrected chi connectivity index (χ2v) is 9.63. The molecule has 2 aliphatic heterocycles. The number of aliphatic imine (C=N–C) groups is 2. The maximum Gasteiger partial charge on any atom is 2.00 e. The molecule has 2 fully saturated rings. The first-order valence-electron chi connectivity index (χ1n) is 14.5. The molecule has 0 aliphatic carbocycles. The van der Waals surface area contributed by atoms with Crippen molar-refractivity contribution in [3.63, 3.8) is 0 Å². The van der Waals surface area contributed by atoms with Crippen LogP contribution in [0, 0.1) is 0 Å². The molecule has 248 valence electrons. The minimum absolute atomic E-state index is 0. The quantitative estimate of drug-likeness (QED) is 0.133. The van der Waals surface area contributed by atoms with Crippen molar-refractivity contribution in [3.8, 4) is 11.5 Å². The molecule has 0 amide bonds. The Hall–Kier alpha value is -4.21. The monoisotopic (exact) mass is 760 g/mol. The minimum atomic E-state index is 0. The zero-order chi connectivity index (χ0) is 34.7. The minimum Gasteiger partial charge on any atom is -0.872 e. The molecule has 4 rings (SSSR count). The van der Waals surface area contributed by atoms with Crippen LogP contribution in [0.2, 0.25) is 0 Å². The molecule has 0 unspecified atom stereocenters. The summed E-state index contributed by atoms with van der Waals surface area (Å²) < 4.78 is 0. The third kappa shape index (κ3) is 30.4. The molecule has 20 heteroatoms. The fourth-order valence-corrected chi connectivity index (χ4v) is 4.55. The van der Waals surface area contributed by atoms with E-state index >= 15 is 0 Å². The number of quaternary nitrogens is 2. The summed E-state index contributed by atoms with van der Waals surface area (Å²) >= 11 is 0. The number of nitrogens with zero attached hydrogens (tertiary/aromatic N) is 14. The summed E-state index contributed by atoms with van der Waals surface area (Å²) in [5, 5.41) is 22.8. The molecule has 2 heterocycles. The second kappa shape index (κ2) is 39.0. The van der Waals surface area contributed by atoms with Crippen LogP contribution in [0.5, 0.6) is 11.5 Å². The molecule has 2 saturated heterocycles. The Kier molecular flexibility index (Phi) is 41.1. The molecular weight excluding hydrogens is 723 g/mol. The standard InChI is InChI=1S/2C14H20N2O.4N3.2Zn/c2*17-14-7-3-2-6-13(14)12-15-8-11-16-9-4-1-5-10-16;4*1-3-2;;/h2*2-3,6-7,12,17H,1,4-5,8-11H2;;;;;;/q;;4*-1;2*+2. The van der Waals surface area contributed by atoms with Gasteiger partial charge in [-0.3, -0.25) is 29.6 Å². The van der Waals surface area contributed by atoms with Gasteiger partial charge in [-0.2, -0.15) is 0 Å². The van der Waals surface area contributed by atoms with E-state index in [9.17, 15) is 10.2 Å². The summed E-state index contributed by atoms with van der Waals surface area (Å²) in [6.07, 6.45) is 11.6. The van der Waals surface area contributed by atoms with Crippen LogP contribution < -0.4 is 20.0 Å². The Labute approximate surface area is 306 Å². The number of nitrogens with one attached hydrogen (secondary N) is 2. The first kappa shape index (κ1) is 50.6. The Morgan fingerprint density at radius 3 is 1.06 bits per heavy atom. The number of likely N-dealkylation sites (tertiary alicyclic amines) is 2. The van der Waals surface area contributed by atoms with Crippen LogP contribution in [0.1, 0.15) is 49.7 Å². The smallest absolute Gasteiger partial charge is 0.872 e. The zero-order valence-corrected chi connectivity index (χ0v) is 33.1. The molecule has 0 saturated carbocycles. The van der Waals surface area contributed by atoms with Crippen LogP contribution >= 0.6 is 0 Å². The van der Waals surface area contributed by atoms with Crippen LogP contribution in [-0.4, -0.2) is 64.8 Å². The Morgan fingerprint density at radius 1 is 0.521 bits per heavy atom. The average Bonchev–Trinajstić information content (AvgIpc) is 3.06. The van der Waals surface area contributed by atoms with Gasteiger partial charge in [0.1, 0.15) is 0 Å². The van der Waals surface area contributed by atoms with E-state index in [1.807, 2.05) is 24.3 Å². The van der Waals surface area contributed by atoms with Gasteiger partial charge in [0, 0.05) is 12.4 Å². The van der Waals surface area contributed by atoms with E-state index in [4.69, 9.17) is 44.2 Å².